The summed E-state index contributed by atoms with van der Waals surface area (Å²) in [7, 11) is 0. The first-order valence-electron chi connectivity index (χ1n) is 11.3. The maximum absolute atomic E-state index is 4.67. The lowest BCUT2D eigenvalue weighted by Crippen LogP contribution is -2.20. The molecule has 0 amide bonds. The van der Waals surface area contributed by atoms with Crippen LogP contribution in [0.3, 0.4) is 0 Å². The Hall–Kier alpha value is -3.58. The normalized spacial score (nSPS) is 14.6. The number of aromatic nitrogens is 6. The van der Waals surface area contributed by atoms with Crippen LogP contribution < -0.4 is 0 Å². The predicted molar refractivity (Wildman–Crippen MR) is 126 cm³/mol. The Kier molecular flexibility index (Phi) is 4.88. The average Bonchev–Trinajstić information content (AvgIpc) is 3.58. The van der Waals surface area contributed by atoms with E-state index in [2.05, 4.69) is 53.2 Å². The second-order valence-electron chi connectivity index (χ2n) is 8.57. The number of likely N-dealkylation sites (tertiary alicyclic amines) is 1. The summed E-state index contributed by atoms with van der Waals surface area (Å²) in [5.41, 5.74) is 7.02. The number of H-pyrrole nitrogens is 2. The van der Waals surface area contributed by atoms with Gasteiger partial charge in [0.15, 0.2) is 0 Å². The Morgan fingerprint density at radius 3 is 2.78 bits per heavy atom. The molecule has 0 radical (unpaired) electrons. The molecule has 0 bridgehead atoms. The van der Waals surface area contributed by atoms with Crippen LogP contribution in [0, 0.1) is 0 Å². The molecular formula is C25H25N7. The summed E-state index contributed by atoms with van der Waals surface area (Å²) in [6, 6.07) is 8.38. The molecule has 32 heavy (non-hydrogen) atoms. The number of hydrogen-bond donors (Lipinski definition) is 2. The smallest absolute Gasteiger partial charge is 0.116 e. The minimum Gasteiger partial charge on any atom is -0.353 e. The molecule has 0 aliphatic carbocycles. The maximum Gasteiger partial charge on any atom is 0.116 e. The van der Waals surface area contributed by atoms with E-state index in [9.17, 15) is 0 Å². The topological polar surface area (TPSA) is 86.4 Å². The van der Waals surface area contributed by atoms with Gasteiger partial charge in [-0.1, -0.05) is 0 Å². The van der Waals surface area contributed by atoms with E-state index < -0.39 is 0 Å². The average molecular weight is 424 g/mol. The first-order valence-corrected chi connectivity index (χ1v) is 11.3. The highest BCUT2D eigenvalue weighted by molar-refractivity contribution is 5.96. The summed E-state index contributed by atoms with van der Waals surface area (Å²) in [5, 5.41) is 9.77. The second kappa shape index (κ2) is 8.16. The molecule has 6 heterocycles. The van der Waals surface area contributed by atoms with Crippen molar-refractivity contribution in [3.63, 3.8) is 0 Å². The number of nitrogens with one attached hydrogen (secondary N) is 2. The number of aryl methyl sites for hydroxylation is 1. The van der Waals surface area contributed by atoms with E-state index in [1.165, 1.54) is 44.5 Å². The van der Waals surface area contributed by atoms with Gasteiger partial charge < -0.3 is 9.88 Å². The molecule has 5 aromatic heterocycles. The van der Waals surface area contributed by atoms with Crippen LogP contribution in [0.1, 0.15) is 24.8 Å². The molecule has 160 valence electrons. The van der Waals surface area contributed by atoms with Crippen LogP contribution in [0.25, 0.3) is 44.5 Å². The fourth-order valence-electron chi connectivity index (χ4n) is 4.66. The first-order chi connectivity index (χ1) is 15.8. The molecule has 0 unspecified atom stereocenters. The zero-order chi connectivity index (χ0) is 21.3. The van der Waals surface area contributed by atoms with Gasteiger partial charge in [0.05, 0.1) is 23.1 Å². The van der Waals surface area contributed by atoms with Gasteiger partial charge >= 0.3 is 0 Å². The number of aromatic amines is 2. The number of pyridine rings is 3. The molecule has 6 rings (SSSR count). The molecule has 0 saturated carbocycles. The van der Waals surface area contributed by atoms with E-state index >= 15 is 0 Å². The van der Waals surface area contributed by atoms with Crippen molar-refractivity contribution in [3.05, 3.63) is 60.8 Å². The number of hydrogen-bond acceptors (Lipinski definition) is 5. The highest BCUT2D eigenvalue weighted by Gasteiger charge is 2.14. The summed E-state index contributed by atoms with van der Waals surface area (Å²) in [4.78, 5) is 19.4. The van der Waals surface area contributed by atoms with Gasteiger partial charge in [-0.2, -0.15) is 5.10 Å². The molecule has 7 heteroatoms. The highest BCUT2D eigenvalue weighted by Crippen LogP contribution is 2.30. The van der Waals surface area contributed by atoms with Crippen molar-refractivity contribution < 1.29 is 0 Å². The van der Waals surface area contributed by atoms with E-state index in [1.807, 2.05) is 30.9 Å². The monoisotopic (exact) mass is 423 g/mol. The molecule has 1 saturated heterocycles. The number of nitrogens with zero attached hydrogens (tertiary/aromatic N) is 5. The third-order valence-electron chi connectivity index (χ3n) is 6.35. The third-order valence-corrected chi connectivity index (χ3v) is 6.35. The van der Waals surface area contributed by atoms with Gasteiger partial charge in [0, 0.05) is 46.6 Å². The lowest BCUT2D eigenvalue weighted by atomic mass is 10.1. The first kappa shape index (κ1) is 19.1. The van der Waals surface area contributed by atoms with Crippen LogP contribution >= 0.6 is 0 Å². The molecule has 1 fully saturated rings. The minimum atomic E-state index is 0.884. The van der Waals surface area contributed by atoms with E-state index in [4.69, 9.17) is 0 Å². The van der Waals surface area contributed by atoms with E-state index in [0.717, 1.165) is 50.9 Å². The van der Waals surface area contributed by atoms with Crippen LogP contribution in [0.5, 0.6) is 0 Å². The Morgan fingerprint density at radius 2 is 1.88 bits per heavy atom. The fourth-order valence-corrected chi connectivity index (χ4v) is 4.66. The quantitative estimate of drug-likeness (QED) is 0.417. The molecule has 1 aliphatic heterocycles. The number of rotatable bonds is 6. The molecule has 7 nitrogen and oxygen atoms in total. The Balaban J connectivity index is 1.28. The summed E-state index contributed by atoms with van der Waals surface area (Å²) in [5.74, 6) is 0. The molecule has 0 spiro atoms. The molecular weight excluding hydrogens is 398 g/mol. The van der Waals surface area contributed by atoms with Crippen molar-refractivity contribution in [2.45, 2.75) is 25.7 Å². The van der Waals surface area contributed by atoms with Gasteiger partial charge in [-0.15, -0.1) is 0 Å². The molecule has 1 aliphatic rings. The van der Waals surface area contributed by atoms with Crippen LogP contribution in [-0.2, 0) is 6.42 Å². The van der Waals surface area contributed by atoms with E-state index in [1.54, 1.807) is 6.20 Å². The molecule has 2 N–H and O–H groups in total. The van der Waals surface area contributed by atoms with Crippen LogP contribution in [-0.4, -0.2) is 54.7 Å². The summed E-state index contributed by atoms with van der Waals surface area (Å²) >= 11 is 0. The molecule has 5 aromatic rings. The van der Waals surface area contributed by atoms with Crippen molar-refractivity contribution in [3.8, 4) is 22.6 Å². The zero-order valence-electron chi connectivity index (χ0n) is 17.9. The summed E-state index contributed by atoms with van der Waals surface area (Å²) in [6.45, 7) is 3.68. The van der Waals surface area contributed by atoms with Gasteiger partial charge in [-0.25, -0.2) is 0 Å². The van der Waals surface area contributed by atoms with Crippen molar-refractivity contribution in [1.29, 1.82) is 0 Å². The Bertz CT molecular complexity index is 1340. The van der Waals surface area contributed by atoms with Crippen LogP contribution in [0.2, 0.25) is 0 Å². The van der Waals surface area contributed by atoms with Crippen LogP contribution in [0.4, 0.5) is 0 Å². The predicted octanol–water partition coefficient (Wildman–Crippen LogP) is 4.59. The largest absolute Gasteiger partial charge is 0.353 e. The van der Waals surface area contributed by atoms with Crippen molar-refractivity contribution >= 4 is 21.8 Å². The van der Waals surface area contributed by atoms with Gasteiger partial charge in [-0.3, -0.25) is 20.1 Å². The van der Waals surface area contributed by atoms with Gasteiger partial charge in [0.1, 0.15) is 5.69 Å². The molecule has 0 atom stereocenters. The van der Waals surface area contributed by atoms with Gasteiger partial charge in [0.25, 0.3) is 0 Å². The third kappa shape index (κ3) is 3.65. The SMILES string of the molecule is c1cc2[nH]c(-c3n[nH]c4cnc(-c5cncc(CCCN6CCCC6)c5)cc34)cc2cn1. The fraction of sp³-hybridized carbons (Fsp3) is 0.280. The van der Waals surface area contributed by atoms with Gasteiger partial charge in [0.2, 0.25) is 0 Å². The minimum absolute atomic E-state index is 0.884. The maximum atomic E-state index is 4.67. The Labute approximate surface area is 185 Å². The summed E-state index contributed by atoms with van der Waals surface area (Å²) < 4.78 is 0. The number of fused-ring (bicyclic) bond motifs is 2. The van der Waals surface area contributed by atoms with Crippen molar-refractivity contribution in [2.75, 3.05) is 19.6 Å². The van der Waals surface area contributed by atoms with Crippen LogP contribution in [0.15, 0.2) is 55.2 Å². The van der Waals surface area contributed by atoms with E-state index in [0.29, 0.717) is 0 Å². The van der Waals surface area contributed by atoms with E-state index in [-0.39, 0.29) is 0 Å². The van der Waals surface area contributed by atoms with Crippen molar-refractivity contribution in [1.82, 2.24) is 35.0 Å². The zero-order valence-corrected chi connectivity index (χ0v) is 17.9. The lowest BCUT2D eigenvalue weighted by molar-refractivity contribution is 0.334. The Morgan fingerprint density at radius 1 is 0.938 bits per heavy atom. The summed E-state index contributed by atoms with van der Waals surface area (Å²) in [6.07, 6.45) is 14.3. The molecule has 0 aromatic carbocycles. The van der Waals surface area contributed by atoms with Crippen molar-refractivity contribution in [2.24, 2.45) is 0 Å². The highest BCUT2D eigenvalue weighted by atomic mass is 15.1. The lowest BCUT2D eigenvalue weighted by Gasteiger charge is -2.14. The van der Waals surface area contributed by atoms with Gasteiger partial charge in [-0.05, 0) is 75.1 Å². The second-order valence-corrected chi connectivity index (χ2v) is 8.57. The standard InChI is InChI=1S/C25H25N7/c1-2-8-32(7-1)9-3-4-17-10-18(15-27-13-17)22-12-20-24(16-28-22)30-31-25(20)23-11-19-14-26-6-5-21(19)29-23/h5-6,10-16,29H,1-4,7-9H2,(H,30,31).